The number of hydrogen-bond acceptors (Lipinski definition) is 6. The molecule has 0 fully saturated rings. The monoisotopic (exact) mass is 931 g/mol. The molecule has 1 amide bonds. The molecule has 65 heavy (non-hydrogen) atoms. The van der Waals surface area contributed by atoms with Gasteiger partial charge in [0.25, 0.3) is 7.82 Å². The number of unbranched alkanes of at least 4 members (excludes halogenated alkanes) is 23. The van der Waals surface area contributed by atoms with E-state index in [0.29, 0.717) is 30.3 Å². The number of aliphatic hydroxyl groups is 1. The fourth-order valence-corrected chi connectivity index (χ4v) is 8.24. The minimum Gasteiger partial charge on any atom is -0.756 e. The van der Waals surface area contributed by atoms with Crippen molar-refractivity contribution in [3.63, 3.8) is 0 Å². The molecule has 0 radical (unpaired) electrons. The van der Waals surface area contributed by atoms with Crippen LogP contribution in [0.15, 0.2) is 72.9 Å². The van der Waals surface area contributed by atoms with Crippen molar-refractivity contribution in [3.05, 3.63) is 72.9 Å². The number of carbonyl (C=O) groups is 1. The molecule has 0 aliphatic rings. The second kappa shape index (κ2) is 47.0. The molecule has 0 aromatic carbocycles. The van der Waals surface area contributed by atoms with Gasteiger partial charge in [-0.1, -0.05) is 228 Å². The zero-order valence-electron chi connectivity index (χ0n) is 42.9. The maximum absolute atomic E-state index is 12.9. The molecule has 8 nitrogen and oxygen atoms in total. The van der Waals surface area contributed by atoms with Crippen molar-refractivity contribution in [2.45, 2.75) is 238 Å². The maximum atomic E-state index is 12.9. The van der Waals surface area contributed by atoms with E-state index >= 15 is 0 Å². The van der Waals surface area contributed by atoms with E-state index in [1.807, 2.05) is 21.1 Å². The highest BCUT2D eigenvalue weighted by Gasteiger charge is 2.24. The second-order valence-electron chi connectivity index (χ2n) is 19.2. The normalized spacial score (nSPS) is 14.6. The van der Waals surface area contributed by atoms with Gasteiger partial charge in [-0.15, -0.1) is 0 Å². The summed E-state index contributed by atoms with van der Waals surface area (Å²) in [6.45, 7) is 4.58. The van der Waals surface area contributed by atoms with Crippen LogP contribution < -0.4 is 10.2 Å². The Bertz CT molecular complexity index is 1290. The zero-order chi connectivity index (χ0) is 47.8. The first-order valence-corrected chi connectivity index (χ1v) is 28.2. The van der Waals surface area contributed by atoms with Crippen molar-refractivity contribution in [2.75, 3.05) is 40.9 Å². The van der Waals surface area contributed by atoms with Gasteiger partial charge in [0.05, 0.1) is 39.9 Å². The first-order chi connectivity index (χ1) is 31.5. The Labute approximate surface area is 402 Å². The standard InChI is InChI=1S/C56H103N2O6P/c1-6-8-10-12-14-16-18-20-22-24-26-28-30-31-33-35-37-39-41-43-45-47-49-55(59)54(53-64-65(61,62)63-52-51-58(3,4)5)57-56(60)50-48-46-44-42-40-38-36-34-32-29-27-25-23-21-19-17-15-13-11-9-7-2/h9,11,15,17,21,23,27,29,34,36,40,42,54-55,59H,6-8,10,12-14,16,18-20,22,24-26,28,30-33,35,37-39,41,43-53H2,1-5H3,(H-,57,60,61,62)/b11-9-,17-15-,23-21-,29-27-,36-34-,42-40-. The molecule has 0 aliphatic heterocycles. The number of allylic oxidation sites excluding steroid dienone is 12. The number of amides is 1. The number of phosphoric acid groups is 1. The molecule has 378 valence electrons. The van der Waals surface area contributed by atoms with Crippen LogP contribution in [0.5, 0.6) is 0 Å². The summed E-state index contributed by atoms with van der Waals surface area (Å²) >= 11 is 0. The lowest BCUT2D eigenvalue weighted by molar-refractivity contribution is -0.870. The minimum absolute atomic E-state index is 0.0000968. The first kappa shape index (κ1) is 62.9. The lowest BCUT2D eigenvalue weighted by atomic mass is 10.0. The van der Waals surface area contributed by atoms with Crippen LogP contribution in [0, 0.1) is 0 Å². The van der Waals surface area contributed by atoms with Gasteiger partial charge in [-0.05, 0) is 64.2 Å². The number of carbonyl (C=O) groups excluding carboxylic acids is 1. The Balaban J connectivity index is 4.33. The van der Waals surface area contributed by atoms with E-state index in [9.17, 15) is 19.4 Å². The van der Waals surface area contributed by atoms with Gasteiger partial charge in [0, 0.05) is 6.42 Å². The molecule has 0 heterocycles. The van der Waals surface area contributed by atoms with E-state index in [-0.39, 0.29) is 19.1 Å². The number of quaternary nitrogens is 1. The van der Waals surface area contributed by atoms with Crippen molar-refractivity contribution in [2.24, 2.45) is 0 Å². The van der Waals surface area contributed by atoms with Gasteiger partial charge in [0.2, 0.25) is 5.91 Å². The lowest BCUT2D eigenvalue weighted by Gasteiger charge is -2.30. The highest BCUT2D eigenvalue weighted by molar-refractivity contribution is 7.45. The number of nitrogens with zero attached hydrogens (tertiary/aromatic N) is 1. The van der Waals surface area contributed by atoms with Crippen LogP contribution in [0.2, 0.25) is 0 Å². The Hall–Kier alpha value is -2.06. The molecule has 2 N–H and O–H groups in total. The predicted molar refractivity (Wildman–Crippen MR) is 279 cm³/mol. The molecule has 3 unspecified atom stereocenters. The Morgan fingerprint density at radius 2 is 0.938 bits per heavy atom. The van der Waals surface area contributed by atoms with Gasteiger partial charge in [0.1, 0.15) is 13.2 Å². The van der Waals surface area contributed by atoms with Gasteiger partial charge >= 0.3 is 0 Å². The van der Waals surface area contributed by atoms with Gasteiger partial charge in [-0.3, -0.25) is 9.36 Å². The summed E-state index contributed by atoms with van der Waals surface area (Å²) in [4.78, 5) is 25.5. The summed E-state index contributed by atoms with van der Waals surface area (Å²) in [6, 6.07) is -0.829. The van der Waals surface area contributed by atoms with Crippen molar-refractivity contribution < 1.29 is 32.9 Å². The summed E-state index contributed by atoms with van der Waals surface area (Å²) in [6.07, 6.45) is 63.5. The average Bonchev–Trinajstić information content (AvgIpc) is 3.26. The van der Waals surface area contributed by atoms with Gasteiger partial charge < -0.3 is 28.8 Å². The molecule has 9 heteroatoms. The highest BCUT2D eigenvalue weighted by Crippen LogP contribution is 2.38. The second-order valence-corrected chi connectivity index (χ2v) is 20.6. The number of hydrogen-bond donors (Lipinski definition) is 2. The molecular weight excluding hydrogens is 828 g/mol. The third-order valence-electron chi connectivity index (χ3n) is 11.7. The quantitative estimate of drug-likeness (QED) is 0.0272. The van der Waals surface area contributed by atoms with E-state index in [2.05, 4.69) is 92.1 Å². The van der Waals surface area contributed by atoms with E-state index in [1.54, 1.807) is 0 Å². The Morgan fingerprint density at radius 3 is 1.34 bits per heavy atom. The maximum Gasteiger partial charge on any atom is 0.268 e. The fraction of sp³-hybridized carbons (Fsp3) is 0.768. The molecule has 0 rings (SSSR count). The first-order valence-electron chi connectivity index (χ1n) is 26.8. The molecule has 0 saturated heterocycles. The van der Waals surface area contributed by atoms with Crippen LogP contribution in [0.3, 0.4) is 0 Å². The van der Waals surface area contributed by atoms with Crippen molar-refractivity contribution in [1.82, 2.24) is 5.32 Å². The third-order valence-corrected chi connectivity index (χ3v) is 12.7. The van der Waals surface area contributed by atoms with Crippen LogP contribution in [-0.2, 0) is 18.4 Å². The smallest absolute Gasteiger partial charge is 0.268 e. The molecule has 3 atom stereocenters. The fourth-order valence-electron chi connectivity index (χ4n) is 7.51. The van der Waals surface area contributed by atoms with Crippen molar-refractivity contribution in [3.8, 4) is 0 Å². The molecule has 0 aromatic rings. The van der Waals surface area contributed by atoms with E-state index < -0.39 is 20.0 Å². The van der Waals surface area contributed by atoms with Gasteiger partial charge in [-0.2, -0.15) is 0 Å². The summed E-state index contributed by atoms with van der Waals surface area (Å²) in [7, 11) is 1.27. The zero-order valence-corrected chi connectivity index (χ0v) is 43.8. The SMILES string of the molecule is CC/C=C\C/C=C\C/C=C\C/C=C\C/C=C\C/C=C\CCCCC(=O)NC(COP(=O)([O-])OCC[N+](C)(C)C)C(O)CCCCCCCCCCCCCCCCCCCCCCCC. The van der Waals surface area contributed by atoms with Crippen LogP contribution in [0.4, 0.5) is 0 Å². The summed E-state index contributed by atoms with van der Waals surface area (Å²) in [5.41, 5.74) is 0. The largest absolute Gasteiger partial charge is 0.756 e. The van der Waals surface area contributed by atoms with Gasteiger partial charge in [0.15, 0.2) is 0 Å². The molecular formula is C56H103N2O6P. The lowest BCUT2D eigenvalue weighted by Crippen LogP contribution is -2.46. The number of phosphoric ester groups is 1. The average molecular weight is 931 g/mol. The van der Waals surface area contributed by atoms with Gasteiger partial charge in [-0.25, -0.2) is 0 Å². The topological polar surface area (TPSA) is 108 Å². The van der Waals surface area contributed by atoms with E-state index in [0.717, 1.165) is 70.6 Å². The molecule has 0 aromatic heterocycles. The van der Waals surface area contributed by atoms with Crippen molar-refractivity contribution >= 4 is 13.7 Å². The van der Waals surface area contributed by atoms with Crippen LogP contribution in [0.25, 0.3) is 0 Å². The minimum atomic E-state index is -4.59. The molecule has 0 spiro atoms. The number of nitrogens with one attached hydrogen (secondary N) is 1. The van der Waals surface area contributed by atoms with Crippen LogP contribution in [-0.4, -0.2) is 68.5 Å². The highest BCUT2D eigenvalue weighted by atomic mass is 31.2. The summed E-state index contributed by atoms with van der Waals surface area (Å²) < 4.78 is 23.4. The van der Waals surface area contributed by atoms with Crippen LogP contribution >= 0.6 is 7.82 Å². The molecule has 0 saturated carbocycles. The predicted octanol–water partition coefficient (Wildman–Crippen LogP) is 15.3. The summed E-state index contributed by atoms with van der Waals surface area (Å²) in [5, 5.41) is 14.0. The molecule has 0 bridgehead atoms. The Kier molecular flexibility index (Phi) is 45.5. The van der Waals surface area contributed by atoms with E-state index in [1.165, 1.54) is 122 Å². The number of likely N-dealkylation sites (N-methyl/N-ethyl adjacent to an activating group) is 1. The van der Waals surface area contributed by atoms with Crippen molar-refractivity contribution in [1.29, 1.82) is 0 Å². The number of rotatable bonds is 48. The van der Waals surface area contributed by atoms with E-state index in [4.69, 9.17) is 9.05 Å². The molecule has 0 aliphatic carbocycles. The summed E-state index contributed by atoms with van der Waals surface area (Å²) in [5.74, 6) is -0.207. The third kappa shape index (κ3) is 49.7. The number of aliphatic hydroxyl groups excluding tert-OH is 1. The Morgan fingerprint density at radius 1 is 0.554 bits per heavy atom. The van der Waals surface area contributed by atoms with Crippen LogP contribution in [0.1, 0.15) is 226 Å².